The van der Waals surface area contributed by atoms with Gasteiger partial charge >= 0.3 is 0 Å². The molecule has 1 N–H and O–H groups in total. The van der Waals surface area contributed by atoms with E-state index in [9.17, 15) is 4.79 Å². The minimum atomic E-state index is 0.114. The van der Waals surface area contributed by atoms with E-state index in [1.165, 1.54) is 22.7 Å². The Hall–Kier alpha value is -1.80. The van der Waals surface area contributed by atoms with Gasteiger partial charge < -0.3 is 15.1 Å². The van der Waals surface area contributed by atoms with Crippen LogP contribution in [0, 0.1) is 0 Å². The summed E-state index contributed by atoms with van der Waals surface area (Å²) in [5.41, 5.74) is 1.95. The zero-order valence-electron chi connectivity index (χ0n) is 14.9. The van der Waals surface area contributed by atoms with E-state index < -0.39 is 0 Å². The third-order valence-electron chi connectivity index (χ3n) is 4.58. The third-order valence-corrected chi connectivity index (χ3v) is 6.85. The molecule has 3 heterocycles. The summed E-state index contributed by atoms with van der Waals surface area (Å²) in [4.78, 5) is 22.5. The SMILES string of the molecule is O=C(c1cccs1)N1CCN(c2ccc(NCc3cnc(Cl)s3)cc2Cl)CC1. The number of hydrogen-bond donors (Lipinski definition) is 1. The number of benzene rings is 1. The predicted octanol–water partition coefficient (Wildman–Crippen LogP) is 5.09. The molecule has 0 atom stereocenters. The highest BCUT2D eigenvalue weighted by atomic mass is 35.5. The topological polar surface area (TPSA) is 48.5 Å². The molecule has 0 bridgehead atoms. The summed E-state index contributed by atoms with van der Waals surface area (Å²) in [5.74, 6) is 0.114. The number of anilines is 2. The molecule has 1 saturated heterocycles. The summed E-state index contributed by atoms with van der Waals surface area (Å²) in [6.07, 6.45) is 1.77. The van der Waals surface area contributed by atoms with Gasteiger partial charge in [-0.25, -0.2) is 4.98 Å². The first kappa shape index (κ1) is 19.5. The maximum atomic E-state index is 12.5. The average Bonchev–Trinajstić information content (AvgIpc) is 3.38. The summed E-state index contributed by atoms with van der Waals surface area (Å²) >= 11 is 15.3. The molecule has 1 fully saturated rings. The van der Waals surface area contributed by atoms with Gasteiger partial charge in [0.25, 0.3) is 5.91 Å². The van der Waals surface area contributed by atoms with Gasteiger partial charge in [-0.05, 0) is 29.6 Å². The Bertz CT molecular complexity index is 953. The monoisotopic (exact) mass is 452 g/mol. The Morgan fingerprint density at radius 2 is 2.00 bits per heavy atom. The molecule has 0 aliphatic carbocycles. The zero-order valence-corrected chi connectivity index (χ0v) is 18.0. The lowest BCUT2D eigenvalue weighted by Crippen LogP contribution is -2.48. The molecule has 3 aromatic rings. The number of thiazole rings is 1. The number of piperazine rings is 1. The predicted molar refractivity (Wildman–Crippen MR) is 118 cm³/mol. The highest BCUT2D eigenvalue weighted by Crippen LogP contribution is 2.30. The molecule has 4 rings (SSSR count). The maximum Gasteiger partial charge on any atom is 0.264 e. The number of nitrogens with zero attached hydrogens (tertiary/aromatic N) is 3. The Labute approximate surface area is 181 Å². The quantitative estimate of drug-likeness (QED) is 0.585. The first-order valence-electron chi connectivity index (χ1n) is 8.81. The molecular formula is C19H18Cl2N4OS2. The number of carbonyl (C=O) groups is 1. The summed E-state index contributed by atoms with van der Waals surface area (Å²) in [6, 6.07) is 9.77. The van der Waals surface area contributed by atoms with Crippen LogP contribution in [-0.4, -0.2) is 42.0 Å². The van der Waals surface area contributed by atoms with E-state index in [-0.39, 0.29) is 5.91 Å². The molecule has 1 aliphatic rings. The number of hydrogen-bond acceptors (Lipinski definition) is 6. The number of aromatic nitrogens is 1. The molecule has 2 aromatic heterocycles. The molecule has 0 radical (unpaired) electrons. The molecule has 5 nitrogen and oxygen atoms in total. The van der Waals surface area contributed by atoms with E-state index in [0.717, 1.165) is 34.2 Å². The van der Waals surface area contributed by atoms with Crippen molar-refractivity contribution in [2.24, 2.45) is 0 Å². The van der Waals surface area contributed by atoms with E-state index in [1.54, 1.807) is 6.20 Å². The van der Waals surface area contributed by atoms with Gasteiger partial charge in [-0.3, -0.25) is 4.79 Å². The second kappa shape index (κ2) is 8.69. The van der Waals surface area contributed by atoms with Crippen LogP contribution in [0.4, 0.5) is 11.4 Å². The molecule has 0 saturated carbocycles. The van der Waals surface area contributed by atoms with Crippen molar-refractivity contribution in [3.05, 3.63) is 61.2 Å². The van der Waals surface area contributed by atoms with Crippen LogP contribution < -0.4 is 10.2 Å². The van der Waals surface area contributed by atoms with E-state index in [1.807, 2.05) is 40.6 Å². The summed E-state index contributed by atoms with van der Waals surface area (Å²) in [6.45, 7) is 3.58. The van der Waals surface area contributed by atoms with Crippen LogP contribution in [0.25, 0.3) is 0 Å². The molecule has 28 heavy (non-hydrogen) atoms. The van der Waals surface area contributed by atoms with Crippen molar-refractivity contribution >= 4 is 63.2 Å². The van der Waals surface area contributed by atoms with E-state index >= 15 is 0 Å². The Balaban J connectivity index is 1.35. The van der Waals surface area contributed by atoms with Gasteiger partial charge in [0.05, 0.1) is 22.1 Å². The third kappa shape index (κ3) is 4.43. The first-order valence-corrected chi connectivity index (χ1v) is 11.3. The number of nitrogens with one attached hydrogen (secondary N) is 1. The molecule has 1 aliphatic heterocycles. The Morgan fingerprint density at radius 1 is 1.18 bits per heavy atom. The number of thiophene rings is 1. The summed E-state index contributed by atoms with van der Waals surface area (Å²) < 4.78 is 0.543. The Kier molecular flexibility index (Phi) is 6.06. The van der Waals surface area contributed by atoms with Crippen LogP contribution in [0.15, 0.2) is 41.9 Å². The van der Waals surface area contributed by atoms with Crippen LogP contribution in [0.1, 0.15) is 14.5 Å². The van der Waals surface area contributed by atoms with Crippen molar-refractivity contribution in [1.29, 1.82) is 0 Å². The van der Waals surface area contributed by atoms with Crippen molar-refractivity contribution in [2.75, 3.05) is 36.4 Å². The van der Waals surface area contributed by atoms with Crippen molar-refractivity contribution in [3.63, 3.8) is 0 Å². The molecular weight excluding hydrogens is 435 g/mol. The maximum absolute atomic E-state index is 12.5. The van der Waals surface area contributed by atoms with Gasteiger partial charge in [0.2, 0.25) is 0 Å². The van der Waals surface area contributed by atoms with Crippen LogP contribution >= 0.6 is 45.9 Å². The fourth-order valence-electron chi connectivity index (χ4n) is 3.13. The number of halogens is 2. The minimum absolute atomic E-state index is 0.114. The minimum Gasteiger partial charge on any atom is -0.380 e. The average molecular weight is 453 g/mol. The fourth-order valence-corrected chi connectivity index (χ4v) is 5.04. The molecule has 1 aromatic carbocycles. The van der Waals surface area contributed by atoms with Crippen molar-refractivity contribution < 1.29 is 4.79 Å². The van der Waals surface area contributed by atoms with Crippen LogP contribution in [0.2, 0.25) is 9.49 Å². The standard InChI is InChI=1S/C19H18Cl2N4OS2/c20-15-10-13(22-11-14-12-23-19(21)28-14)3-4-16(15)24-5-7-25(8-6-24)18(26)17-2-1-9-27-17/h1-4,9-10,12,22H,5-8,11H2. The van der Waals surface area contributed by atoms with Gasteiger partial charge in [0.1, 0.15) is 0 Å². The number of carbonyl (C=O) groups excluding carboxylic acids is 1. The molecule has 9 heteroatoms. The molecule has 0 spiro atoms. The molecule has 146 valence electrons. The van der Waals surface area contributed by atoms with Gasteiger partial charge in [-0.2, -0.15) is 0 Å². The van der Waals surface area contributed by atoms with Crippen LogP contribution in [0.3, 0.4) is 0 Å². The van der Waals surface area contributed by atoms with E-state index in [2.05, 4.69) is 15.2 Å². The highest BCUT2D eigenvalue weighted by molar-refractivity contribution is 7.15. The van der Waals surface area contributed by atoms with Gasteiger partial charge in [-0.15, -0.1) is 22.7 Å². The van der Waals surface area contributed by atoms with Crippen molar-refractivity contribution in [2.45, 2.75) is 6.54 Å². The zero-order chi connectivity index (χ0) is 19.5. The lowest BCUT2D eigenvalue weighted by atomic mass is 10.2. The molecule has 0 unspecified atom stereocenters. The lowest BCUT2D eigenvalue weighted by molar-refractivity contribution is 0.0751. The van der Waals surface area contributed by atoms with Gasteiger partial charge in [0, 0.05) is 42.9 Å². The largest absolute Gasteiger partial charge is 0.380 e. The number of rotatable bonds is 5. The Morgan fingerprint density at radius 3 is 2.64 bits per heavy atom. The second-order valence-corrected chi connectivity index (χ2v) is 9.41. The first-order chi connectivity index (χ1) is 13.6. The summed E-state index contributed by atoms with van der Waals surface area (Å²) in [7, 11) is 0. The number of amides is 1. The van der Waals surface area contributed by atoms with Crippen LogP contribution in [-0.2, 0) is 6.54 Å². The second-order valence-electron chi connectivity index (χ2n) is 6.36. The molecule has 1 amide bonds. The van der Waals surface area contributed by atoms with E-state index in [4.69, 9.17) is 23.2 Å². The van der Waals surface area contributed by atoms with Gasteiger partial charge in [-0.1, -0.05) is 29.3 Å². The van der Waals surface area contributed by atoms with Crippen molar-refractivity contribution in [1.82, 2.24) is 9.88 Å². The summed E-state index contributed by atoms with van der Waals surface area (Å²) in [5, 5.41) is 5.97. The van der Waals surface area contributed by atoms with Crippen LogP contribution in [0.5, 0.6) is 0 Å². The van der Waals surface area contributed by atoms with Gasteiger partial charge in [0.15, 0.2) is 4.47 Å². The van der Waals surface area contributed by atoms with E-state index in [0.29, 0.717) is 29.1 Å². The normalized spacial score (nSPS) is 14.4. The fraction of sp³-hybridized carbons (Fsp3) is 0.263. The smallest absolute Gasteiger partial charge is 0.264 e. The van der Waals surface area contributed by atoms with Crippen molar-refractivity contribution in [3.8, 4) is 0 Å². The lowest BCUT2D eigenvalue weighted by Gasteiger charge is -2.36. The highest BCUT2D eigenvalue weighted by Gasteiger charge is 2.23.